The third-order valence-corrected chi connectivity index (χ3v) is 4.26. The quantitative estimate of drug-likeness (QED) is 0.943. The largest absolute Gasteiger partial charge is 0.381 e. The Bertz CT molecular complexity index is 631. The molecule has 0 unspecified atom stereocenters. The summed E-state index contributed by atoms with van der Waals surface area (Å²) in [6, 6.07) is 18.1. The van der Waals surface area contributed by atoms with Gasteiger partial charge in [-0.1, -0.05) is 30.3 Å². The fourth-order valence-electron chi connectivity index (χ4n) is 2.72. The minimum Gasteiger partial charge on any atom is -0.381 e. The van der Waals surface area contributed by atoms with E-state index in [9.17, 15) is 4.79 Å². The van der Waals surface area contributed by atoms with Crippen LogP contribution < -0.4 is 5.32 Å². The molecule has 2 aromatic rings. The van der Waals surface area contributed by atoms with Crippen LogP contribution in [-0.4, -0.2) is 48.9 Å². The van der Waals surface area contributed by atoms with Gasteiger partial charge < -0.3 is 15.1 Å². The van der Waals surface area contributed by atoms with Gasteiger partial charge >= 0.3 is 0 Å². The fourth-order valence-corrected chi connectivity index (χ4v) is 2.72. The molecule has 23 heavy (non-hydrogen) atoms. The monoisotopic (exact) mass is 309 g/mol. The Morgan fingerprint density at radius 3 is 2.26 bits per heavy atom. The molecule has 4 heteroatoms. The molecule has 0 radical (unpaired) electrons. The molecule has 1 saturated heterocycles. The first kappa shape index (κ1) is 15.6. The van der Waals surface area contributed by atoms with E-state index < -0.39 is 0 Å². The van der Waals surface area contributed by atoms with Gasteiger partial charge in [-0.3, -0.25) is 4.79 Å². The van der Waals surface area contributed by atoms with E-state index in [0.29, 0.717) is 0 Å². The van der Waals surface area contributed by atoms with Crippen molar-refractivity contribution in [1.29, 1.82) is 0 Å². The zero-order valence-corrected chi connectivity index (χ0v) is 13.5. The minimum atomic E-state index is 0.132. The summed E-state index contributed by atoms with van der Waals surface area (Å²) in [4.78, 5) is 16.7. The molecule has 0 aliphatic carbocycles. The van der Waals surface area contributed by atoms with Gasteiger partial charge in [0.05, 0.1) is 0 Å². The molecular weight excluding hydrogens is 286 g/mol. The number of piperazine rings is 1. The fraction of sp³-hybridized carbons (Fsp3) is 0.316. The highest BCUT2D eigenvalue weighted by molar-refractivity contribution is 5.94. The van der Waals surface area contributed by atoms with E-state index in [0.717, 1.165) is 44.0 Å². The van der Waals surface area contributed by atoms with Gasteiger partial charge in [-0.2, -0.15) is 0 Å². The van der Waals surface area contributed by atoms with Gasteiger partial charge in [-0.15, -0.1) is 0 Å². The Balaban J connectivity index is 1.57. The number of anilines is 1. The van der Waals surface area contributed by atoms with E-state index in [4.69, 9.17) is 0 Å². The van der Waals surface area contributed by atoms with E-state index >= 15 is 0 Å². The van der Waals surface area contributed by atoms with Crippen LogP contribution in [-0.2, 0) is 6.54 Å². The van der Waals surface area contributed by atoms with E-state index in [1.807, 2.05) is 47.4 Å². The Kier molecular flexibility index (Phi) is 4.93. The number of hydrogen-bond acceptors (Lipinski definition) is 3. The number of amides is 1. The Labute approximate surface area is 137 Å². The van der Waals surface area contributed by atoms with Gasteiger partial charge in [-0.25, -0.2) is 0 Å². The lowest BCUT2D eigenvalue weighted by Crippen LogP contribution is -2.47. The second-order valence-electron chi connectivity index (χ2n) is 6.01. The van der Waals surface area contributed by atoms with Crippen molar-refractivity contribution in [2.45, 2.75) is 6.54 Å². The molecule has 0 bridgehead atoms. The second-order valence-corrected chi connectivity index (χ2v) is 6.01. The summed E-state index contributed by atoms with van der Waals surface area (Å²) in [5, 5.41) is 3.38. The average Bonchev–Trinajstić information content (AvgIpc) is 2.61. The zero-order chi connectivity index (χ0) is 16.1. The van der Waals surface area contributed by atoms with Crippen LogP contribution in [0.5, 0.6) is 0 Å². The first-order valence-corrected chi connectivity index (χ1v) is 8.08. The highest BCUT2D eigenvalue weighted by Gasteiger charge is 2.20. The number of likely N-dealkylation sites (N-methyl/N-ethyl adjacent to an activating group) is 1. The summed E-state index contributed by atoms with van der Waals surface area (Å²) in [6.07, 6.45) is 0. The molecule has 0 saturated carbocycles. The van der Waals surface area contributed by atoms with Crippen molar-refractivity contribution in [3.63, 3.8) is 0 Å². The summed E-state index contributed by atoms with van der Waals surface area (Å²) in [7, 11) is 2.09. The van der Waals surface area contributed by atoms with Crippen LogP contribution in [0.25, 0.3) is 0 Å². The summed E-state index contributed by atoms with van der Waals surface area (Å²) < 4.78 is 0. The lowest BCUT2D eigenvalue weighted by molar-refractivity contribution is 0.0664. The Morgan fingerprint density at radius 1 is 0.957 bits per heavy atom. The van der Waals surface area contributed by atoms with Crippen LogP contribution in [0.2, 0.25) is 0 Å². The van der Waals surface area contributed by atoms with E-state index in [2.05, 4.69) is 29.4 Å². The van der Waals surface area contributed by atoms with Gasteiger partial charge in [0.1, 0.15) is 0 Å². The number of rotatable bonds is 4. The first-order chi connectivity index (χ1) is 11.2. The molecule has 1 aliphatic heterocycles. The van der Waals surface area contributed by atoms with E-state index in [1.54, 1.807) is 0 Å². The number of nitrogens with zero attached hydrogens (tertiary/aromatic N) is 2. The normalized spacial score (nSPS) is 15.4. The lowest BCUT2D eigenvalue weighted by atomic mass is 10.1. The molecule has 120 valence electrons. The number of carbonyl (C=O) groups excluding carboxylic acids is 1. The predicted octanol–water partition coefficient (Wildman–Crippen LogP) is 2.69. The highest BCUT2D eigenvalue weighted by atomic mass is 16.2. The predicted molar refractivity (Wildman–Crippen MR) is 93.6 cm³/mol. The summed E-state index contributed by atoms with van der Waals surface area (Å²) in [5.41, 5.74) is 3.04. The molecule has 2 aromatic carbocycles. The molecular formula is C19H23N3O. The van der Waals surface area contributed by atoms with Gasteiger partial charge in [0.2, 0.25) is 0 Å². The van der Waals surface area contributed by atoms with E-state index in [1.165, 1.54) is 5.56 Å². The van der Waals surface area contributed by atoms with Crippen LogP contribution in [0, 0.1) is 0 Å². The first-order valence-electron chi connectivity index (χ1n) is 8.08. The Morgan fingerprint density at radius 2 is 1.61 bits per heavy atom. The van der Waals surface area contributed by atoms with Gasteiger partial charge in [0.25, 0.3) is 5.91 Å². The van der Waals surface area contributed by atoms with Crippen molar-refractivity contribution < 1.29 is 4.79 Å². The van der Waals surface area contributed by atoms with Crippen molar-refractivity contribution in [2.75, 3.05) is 38.5 Å². The summed E-state index contributed by atoms with van der Waals surface area (Å²) in [5.74, 6) is 0.132. The maximum absolute atomic E-state index is 12.5. The van der Waals surface area contributed by atoms with Crippen molar-refractivity contribution in [1.82, 2.24) is 9.80 Å². The molecule has 1 fully saturated rings. The smallest absolute Gasteiger partial charge is 0.253 e. The molecule has 4 nitrogen and oxygen atoms in total. The van der Waals surface area contributed by atoms with Crippen molar-refractivity contribution in [3.05, 3.63) is 65.7 Å². The number of carbonyl (C=O) groups is 1. The maximum Gasteiger partial charge on any atom is 0.253 e. The second kappa shape index (κ2) is 7.29. The van der Waals surface area contributed by atoms with Gasteiger partial charge in [0, 0.05) is 44.0 Å². The third-order valence-electron chi connectivity index (χ3n) is 4.26. The van der Waals surface area contributed by atoms with Crippen LogP contribution >= 0.6 is 0 Å². The molecule has 1 aliphatic rings. The molecule has 1 N–H and O–H groups in total. The molecule has 0 atom stereocenters. The molecule has 0 aromatic heterocycles. The zero-order valence-electron chi connectivity index (χ0n) is 13.5. The number of hydrogen-bond donors (Lipinski definition) is 1. The van der Waals surface area contributed by atoms with Crippen LogP contribution in [0.1, 0.15) is 15.9 Å². The molecule has 0 spiro atoms. The van der Waals surface area contributed by atoms with Crippen LogP contribution in [0.4, 0.5) is 5.69 Å². The summed E-state index contributed by atoms with van der Waals surface area (Å²) >= 11 is 0. The van der Waals surface area contributed by atoms with Crippen molar-refractivity contribution in [3.8, 4) is 0 Å². The van der Waals surface area contributed by atoms with E-state index in [-0.39, 0.29) is 5.91 Å². The van der Waals surface area contributed by atoms with Crippen molar-refractivity contribution in [2.24, 2.45) is 0 Å². The van der Waals surface area contributed by atoms with Gasteiger partial charge in [-0.05, 0) is 36.9 Å². The maximum atomic E-state index is 12.5. The van der Waals surface area contributed by atoms with Crippen LogP contribution in [0.15, 0.2) is 54.6 Å². The Hall–Kier alpha value is -2.33. The molecule has 1 heterocycles. The lowest BCUT2D eigenvalue weighted by Gasteiger charge is -2.32. The molecule has 1 amide bonds. The van der Waals surface area contributed by atoms with Gasteiger partial charge in [0.15, 0.2) is 0 Å². The summed E-state index contributed by atoms with van der Waals surface area (Å²) in [6.45, 7) is 4.30. The topological polar surface area (TPSA) is 35.6 Å². The van der Waals surface area contributed by atoms with Crippen molar-refractivity contribution >= 4 is 11.6 Å². The molecule has 3 rings (SSSR count). The minimum absolute atomic E-state index is 0.132. The van der Waals surface area contributed by atoms with Crippen LogP contribution in [0.3, 0.4) is 0 Å². The number of benzene rings is 2. The third kappa shape index (κ3) is 4.11. The average molecular weight is 309 g/mol. The SMILES string of the molecule is CN1CCN(C(=O)c2ccc(NCc3ccccc3)cc2)CC1. The standard InChI is InChI=1S/C19H23N3O/c1-21-11-13-22(14-12-21)19(23)17-7-9-18(10-8-17)20-15-16-5-3-2-4-6-16/h2-10,20H,11-15H2,1H3. The number of nitrogens with one attached hydrogen (secondary N) is 1. The highest BCUT2D eigenvalue weighted by Crippen LogP contribution is 2.14.